The van der Waals surface area contributed by atoms with Gasteiger partial charge in [-0.2, -0.15) is 0 Å². The maximum atomic E-state index is 9.92. The van der Waals surface area contributed by atoms with Crippen molar-refractivity contribution in [2.45, 2.75) is 13.8 Å². The third-order valence-corrected chi connectivity index (χ3v) is 0.914. The number of carboxylic acids is 1. The van der Waals surface area contributed by atoms with Crippen molar-refractivity contribution in [3.8, 4) is 0 Å². The molecule has 0 unspecified atom stereocenters. The van der Waals surface area contributed by atoms with Gasteiger partial charge in [-0.05, 0) is 13.5 Å². The van der Waals surface area contributed by atoms with Crippen molar-refractivity contribution < 1.29 is 14.7 Å². The number of hydrogen-bond donors (Lipinski definition) is 3. The second-order valence-corrected chi connectivity index (χ2v) is 2.33. The van der Waals surface area contributed by atoms with E-state index in [1.54, 1.807) is 0 Å². The van der Waals surface area contributed by atoms with Crippen LogP contribution in [0.1, 0.15) is 13.8 Å². The fourth-order valence-corrected chi connectivity index (χ4v) is 0.248. The Kier molecular flexibility index (Phi) is 9.53. The standard InChI is InChI=1S/C4H10N2O.C4H6O2/c1-2-6-3-4(5)7;1-3(2)4(5)6/h6H,2-3H2,1H3,(H2,5,7);1H2,2H3,(H,5,6). The monoisotopic (exact) mass is 188 g/mol. The second-order valence-electron chi connectivity index (χ2n) is 2.33. The predicted molar refractivity (Wildman–Crippen MR) is 50.2 cm³/mol. The molecular weight excluding hydrogens is 172 g/mol. The normalized spacial score (nSPS) is 8.15. The highest BCUT2D eigenvalue weighted by Crippen LogP contribution is 1.81. The molecule has 1 amide bonds. The maximum absolute atomic E-state index is 9.92. The molecule has 0 heterocycles. The number of aliphatic carboxylic acids is 1. The number of nitrogens with two attached hydrogens (primary N) is 1. The zero-order chi connectivity index (χ0) is 10.9. The van der Waals surface area contributed by atoms with Gasteiger partial charge in [0.1, 0.15) is 0 Å². The number of rotatable bonds is 4. The highest BCUT2D eigenvalue weighted by Gasteiger charge is 1.90. The van der Waals surface area contributed by atoms with Gasteiger partial charge in [0.2, 0.25) is 5.91 Å². The summed E-state index contributed by atoms with van der Waals surface area (Å²) < 4.78 is 0. The van der Waals surface area contributed by atoms with Crippen molar-refractivity contribution in [1.29, 1.82) is 0 Å². The van der Waals surface area contributed by atoms with Gasteiger partial charge in [0.15, 0.2) is 0 Å². The number of hydrogen-bond acceptors (Lipinski definition) is 3. The van der Waals surface area contributed by atoms with Crippen LogP contribution in [0.4, 0.5) is 0 Å². The van der Waals surface area contributed by atoms with Crippen LogP contribution in [0.15, 0.2) is 12.2 Å². The quantitative estimate of drug-likeness (QED) is 0.529. The number of likely N-dealkylation sites (N-methyl/N-ethyl adjacent to an activating group) is 1. The van der Waals surface area contributed by atoms with Gasteiger partial charge in [-0.25, -0.2) is 4.79 Å². The number of primary amides is 1. The number of nitrogens with one attached hydrogen (secondary N) is 1. The molecule has 0 radical (unpaired) electrons. The van der Waals surface area contributed by atoms with Crippen LogP contribution >= 0.6 is 0 Å². The van der Waals surface area contributed by atoms with Crippen LogP contribution in [-0.2, 0) is 9.59 Å². The number of carboxylic acid groups (broad SMARTS) is 1. The minimum absolute atomic E-state index is 0.176. The summed E-state index contributed by atoms with van der Waals surface area (Å²) in [6.07, 6.45) is 0. The second kappa shape index (κ2) is 8.73. The Morgan fingerprint density at radius 2 is 1.92 bits per heavy atom. The van der Waals surface area contributed by atoms with Crippen LogP contribution in [-0.4, -0.2) is 30.1 Å². The zero-order valence-corrected chi connectivity index (χ0v) is 7.96. The zero-order valence-electron chi connectivity index (χ0n) is 7.96. The molecule has 13 heavy (non-hydrogen) atoms. The SMILES string of the molecule is C=C(C)C(=O)O.CCNCC(N)=O. The summed E-state index contributed by atoms with van der Waals surface area (Å²) in [6, 6.07) is 0. The Balaban J connectivity index is 0. The first-order chi connectivity index (χ1) is 5.91. The van der Waals surface area contributed by atoms with Gasteiger partial charge in [-0.15, -0.1) is 0 Å². The number of carbonyl (C=O) groups excluding carboxylic acids is 1. The van der Waals surface area contributed by atoms with Gasteiger partial charge in [-0.1, -0.05) is 13.5 Å². The average molecular weight is 188 g/mol. The van der Waals surface area contributed by atoms with Gasteiger partial charge >= 0.3 is 5.97 Å². The van der Waals surface area contributed by atoms with Crippen molar-refractivity contribution in [3.05, 3.63) is 12.2 Å². The van der Waals surface area contributed by atoms with Crippen molar-refractivity contribution in [3.63, 3.8) is 0 Å². The lowest BCUT2D eigenvalue weighted by Crippen LogP contribution is -2.28. The van der Waals surface area contributed by atoms with Crippen LogP contribution in [0.2, 0.25) is 0 Å². The van der Waals surface area contributed by atoms with E-state index in [-0.39, 0.29) is 18.0 Å². The van der Waals surface area contributed by atoms with Crippen molar-refractivity contribution in [2.24, 2.45) is 5.73 Å². The van der Waals surface area contributed by atoms with Crippen LogP contribution in [0.5, 0.6) is 0 Å². The molecule has 0 aromatic carbocycles. The first kappa shape index (κ1) is 14.2. The fraction of sp³-hybridized carbons (Fsp3) is 0.500. The summed E-state index contributed by atoms with van der Waals surface area (Å²) in [5.74, 6) is -1.24. The lowest BCUT2D eigenvalue weighted by molar-refractivity contribution is -0.132. The molecule has 0 saturated carbocycles. The highest BCUT2D eigenvalue weighted by molar-refractivity contribution is 5.84. The molecule has 0 rings (SSSR count). The molecule has 5 heteroatoms. The molecule has 0 fully saturated rings. The minimum atomic E-state index is -0.935. The van der Waals surface area contributed by atoms with E-state index < -0.39 is 5.97 Å². The molecule has 4 N–H and O–H groups in total. The Morgan fingerprint density at radius 1 is 1.54 bits per heavy atom. The van der Waals surface area contributed by atoms with E-state index in [0.29, 0.717) is 0 Å². The minimum Gasteiger partial charge on any atom is -0.478 e. The van der Waals surface area contributed by atoms with E-state index in [0.717, 1.165) is 6.54 Å². The van der Waals surface area contributed by atoms with Crippen molar-refractivity contribution in [1.82, 2.24) is 5.32 Å². The largest absolute Gasteiger partial charge is 0.478 e. The maximum Gasteiger partial charge on any atom is 0.330 e. The molecular formula is C8H16N2O3. The summed E-state index contributed by atoms with van der Waals surface area (Å²) in [5.41, 5.74) is 4.95. The Labute approximate surface area is 77.6 Å². The highest BCUT2D eigenvalue weighted by atomic mass is 16.4. The van der Waals surface area contributed by atoms with Gasteiger partial charge in [0.25, 0.3) is 0 Å². The lowest BCUT2D eigenvalue weighted by Gasteiger charge is -1.91. The molecule has 5 nitrogen and oxygen atoms in total. The Hall–Kier alpha value is -1.36. The molecule has 0 spiro atoms. The molecule has 0 atom stereocenters. The molecule has 0 aliphatic rings. The molecule has 76 valence electrons. The summed E-state index contributed by atoms with van der Waals surface area (Å²) >= 11 is 0. The van der Waals surface area contributed by atoms with Crippen LogP contribution in [0.25, 0.3) is 0 Å². The fourth-order valence-electron chi connectivity index (χ4n) is 0.248. The summed E-state index contributed by atoms with van der Waals surface area (Å²) in [7, 11) is 0. The van der Waals surface area contributed by atoms with Crippen molar-refractivity contribution >= 4 is 11.9 Å². The van der Waals surface area contributed by atoms with Gasteiger partial charge in [0, 0.05) is 5.57 Å². The van der Waals surface area contributed by atoms with Gasteiger partial charge in [0.05, 0.1) is 6.54 Å². The van der Waals surface area contributed by atoms with Crippen molar-refractivity contribution in [2.75, 3.05) is 13.1 Å². The number of amides is 1. The van der Waals surface area contributed by atoms with Crippen LogP contribution in [0.3, 0.4) is 0 Å². The first-order valence-corrected chi connectivity index (χ1v) is 3.79. The molecule has 0 aliphatic heterocycles. The van der Waals surface area contributed by atoms with E-state index >= 15 is 0 Å². The molecule has 0 bridgehead atoms. The van der Waals surface area contributed by atoms with E-state index in [9.17, 15) is 9.59 Å². The van der Waals surface area contributed by atoms with E-state index in [4.69, 9.17) is 10.8 Å². The van der Waals surface area contributed by atoms with E-state index in [1.807, 2.05) is 6.92 Å². The van der Waals surface area contributed by atoms with Gasteiger partial charge in [-0.3, -0.25) is 4.79 Å². The molecule has 0 aromatic rings. The van der Waals surface area contributed by atoms with E-state index in [2.05, 4.69) is 11.9 Å². The van der Waals surface area contributed by atoms with Gasteiger partial charge < -0.3 is 16.2 Å². The molecule has 0 saturated heterocycles. The number of carbonyl (C=O) groups is 2. The summed E-state index contributed by atoms with van der Waals surface area (Å²) in [6.45, 7) is 7.60. The molecule has 0 aliphatic carbocycles. The van der Waals surface area contributed by atoms with Crippen LogP contribution in [0, 0.1) is 0 Å². The third kappa shape index (κ3) is 18.0. The summed E-state index contributed by atoms with van der Waals surface area (Å²) in [5, 5.41) is 10.7. The topological polar surface area (TPSA) is 92.4 Å². The Morgan fingerprint density at radius 3 is 2.00 bits per heavy atom. The Bertz CT molecular complexity index is 178. The predicted octanol–water partition coefficient (Wildman–Crippen LogP) is -0.272. The molecule has 0 aromatic heterocycles. The first-order valence-electron chi connectivity index (χ1n) is 3.79. The third-order valence-electron chi connectivity index (χ3n) is 0.914. The summed E-state index contributed by atoms with van der Waals surface area (Å²) in [4.78, 5) is 19.5. The van der Waals surface area contributed by atoms with E-state index in [1.165, 1.54) is 6.92 Å². The average Bonchev–Trinajstić information content (AvgIpc) is 2.01. The lowest BCUT2D eigenvalue weighted by atomic mass is 10.4. The van der Waals surface area contributed by atoms with Crippen LogP contribution < -0.4 is 11.1 Å². The smallest absolute Gasteiger partial charge is 0.330 e.